The molecule has 1 saturated heterocycles. The first kappa shape index (κ1) is 18.6. The fraction of sp³-hybridized carbons (Fsp3) is 0.250. The van der Waals surface area contributed by atoms with Gasteiger partial charge in [-0.3, -0.25) is 9.59 Å². The molecule has 1 heterocycles. The van der Waals surface area contributed by atoms with Crippen LogP contribution in [0, 0.1) is 19.7 Å². The quantitative estimate of drug-likeness (QED) is 0.795. The molecule has 1 aliphatic heterocycles. The number of aryl methyl sites for hydroxylation is 2. The Morgan fingerprint density at radius 1 is 1.15 bits per heavy atom. The van der Waals surface area contributed by atoms with E-state index >= 15 is 0 Å². The summed E-state index contributed by atoms with van der Waals surface area (Å²) in [5.74, 6) is -1.69. The van der Waals surface area contributed by atoms with Gasteiger partial charge in [0.1, 0.15) is 11.9 Å². The molecule has 1 aliphatic rings. The number of carbonyl (C=O) groups is 3. The lowest BCUT2D eigenvalue weighted by Crippen LogP contribution is -2.49. The second-order valence-electron chi connectivity index (χ2n) is 6.60. The molecule has 0 aromatic heterocycles. The third kappa shape index (κ3) is 4.13. The molecule has 2 N–H and O–H groups in total. The summed E-state index contributed by atoms with van der Waals surface area (Å²) in [7, 11) is 0. The lowest BCUT2D eigenvalue weighted by molar-refractivity contribution is -0.132. The number of hydrogen-bond donors (Lipinski definition) is 2. The van der Waals surface area contributed by atoms with Gasteiger partial charge in [0.2, 0.25) is 5.91 Å². The van der Waals surface area contributed by atoms with Crippen molar-refractivity contribution in [3.05, 3.63) is 65.0 Å². The highest BCUT2D eigenvalue weighted by molar-refractivity contribution is 6.07. The zero-order valence-electron chi connectivity index (χ0n) is 15.1. The van der Waals surface area contributed by atoms with Crippen LogP contribution in [0.4, 0.5) is 14.9 Å². The number of nitrogens with one attached hydrogen (secondary N) is 2. The van der Waals surface area contributed by atoms with Crippen LogP contribution in [-0.4, -0.2) is 35.3 Å². The fourth-order valence-corrected chi connectivity index (χ4v) is 2.94. The van der Waals surface area contributed by atoms with Crippen LogP contribution in [-0.2, 0) is 16.0 Å². The van der Waals surface area contributed by atoms with Crippen molar-refractivity contribution >= 4 is 23.5 Å². The number of hydrogen-bond acceptors (Lipinski definition) is 3. The maximum Gasteiger partial charge on any atom is 0.325 e. The van der Waals surface area contributed by atoms with E-state index in [4.69, 9.17) is 0 Å². The van der Waals surface area contributed by atoms with Gasteiger partial charge in [0, 0.05) is 6.42 Å². The van der Waals surface area contributed by atoms with Gasteiger partial charge < -0.3 is 10.6 Å². The first-order valence-corrected chi connectivity index (χ1v) is 8.57. The van der Waals surface area contributed by atoms with E-state index in [-0.39, 0.29) is 18.7 Å². The van der Waals surface area contributed by atoms with Crippen molar-refractivity contribution in [2.24, 2.45) is 0 Å². The van der Waals surface area contributed by atoms with E-state index in [9.17, 15) is 18.8 Å². The molecule has 140 valence electrons. The minimum absolute atomic E-state index is 0.00607. The van der Waals surface area contributed by atoms with Gasteiger partial charge in [0.15, 0.2) is 0 Å². The van der Waals surface area contributed by atoms with Gasteiger partial charge in [0.25, 0.3) is 5.91 Å². The molecule has 1 fully saturated rings. The van der Waals surface area contributed by atoms with Gasteiger partial charge in [-0.05, 0) is 37.1 Å². The Balaban J connectivity index is 1.88. The summed E-state index contributed by atoms with van der Waals surface area (Å²) in [6, 6.07) is 10.2. The minimum atomic E-state index is -1.08. The van der Waals surface area contributed by atoms with Crippen LogP contribution in [0.1, 0.15) is 16.7 Å². The molecule has 0 bridgehead atoms. The first-order valence-electron chi connectivity index (χ1n) is 8.57. The predicted octanol–water partition coefficient (Wildman–Crippen LogP) is 2.54. The van der Waals surface area contributed by atoms with Crippen LogP contribution in [0.25, 0.3) is 0 Å². The fourth-order valence-electron chi connectivity index (χ4n) is 2.94. The summed E-state index contributed by atoms with van der Waals surface area (Å²) >= 11 is 0. The van der Waals surface area contributed by atoms with E-state index in [2.05, 4.69) is 10.6 Å². The molecule has 3 rings (SSSR count). The molecule has 0 spiro atoms. The molecule has 27 heavy (non-hydrogen) atoms. The summed E-state index contributed by atoms with van der Waals surface area (Å²) in [5.41, 5.74) is 2.57. The van der Waals surface area contributed by atoms with E-state index < -0.39 is 29.7 Å². The number of amides is 4. The third-order valence-electron chi connectivity index (χ3n) is 4.42. The second kappa shape index (κ2) is 7.57. The van der Waals surface area contributed by atoms with E-state index in [1.807, 2.05) is 31.2 Å². The van der Waals surface area contributed by atoms with Crippen molar-refractivity contribution in [3.63, 3.8) is 0 Å². The molecule has 1 atom stereocenters. The number of nitrogens with zero attached hydrogens (tertiary/aromatic N) is 1. The Morgan fingerprint density at radius 2 is 1.81 bits per heavy atom. The Kier molecular flexibility index (Phi) is 5.21. The van der Waals surface area contributed by atoms with Gasteiger partial charge >= 0.3 is 6.03 Å². The minimum Gasteiger partial charge on any atom is -0.329 e. The molecule has 2 aromatic carbocycles. The zero-order chi connectivity index (χ0) is 19.6. The van der Waals surface area contributed by atoms with Crippen LogP contribution in [0.15, 0.2) is 42.5 Å². The van der Waals surface area contributed by atoms with Gasteiger partial charge in [-0.2, -0.15) is 0 Å². The van der Waals surface area contributed by atoms with Crippen molar-refractivity contribution < 1.29 is 18.8 Å². The highest BCUT2D eigenvalue weighted by atomic mass is 19.1. The zero-order valence-corrected chi connectivity index (χ0v) is 15.1. The molecule has 6 nitrogen and oxygen atoms in total. The molecule has 0 saturated carbocycles. The molecular weight excluding hydrogens is 349 g/mol. The average Bonchev–Trinajstić information content (AvgIpc) is 2.95. The third-order valence-corrected chi connectivity index (χ3v) is 4.42. The molecule has 2 aromatic rings. The SMILES string of the molecule is Cc1ccc(CC(C(=O)Nc2ccc(C)cc2F)N2C(=O)CNC2=O)cc1. The van der Waals surface area contributed by atoms with E-state index in [0.717, 1.165) is 21.6 Å². The van der Waals surface area contributed by atoms with Gasteiger partial charge in [-0.1, -0.05) is 35.9 Å². The van der Waals surface area contributed by atoms with E-state index in [1.165, 1.54) is 12.1 Å². The van der Waals surface area contributed by atoms with Crippen LogP contribution in [0.3, 0.4) is 0 Å². The van der Waals surface area contributed by atoms with Crippen LogP contribution in [0.2, 0.25) is 0 Å². The van der Waals surface area contributed by atoms with E-state index in [0.29, 0.717) is 0 Å². The van der Waals surface area contributed by atoms with Gasteiger partial charge in [-0.25, -0.2) is 14.1 Å². The number of carbonyl (C=O) groups excluding carboxylic acids is 3. The number of urea groups is 1. The number of anilines is 1. The molecule has 1 unspecified atom stereocenters. The molecule has 0 aliphatic carbocycles. The Labute approximate surface area is 156 Å². The largest absolute Gasteiger partial charge is 0.329 e. The van der Waals surface area contributed by atoms with Crippen molar-refractivity contribution in [1.82, 2.24) is 10.2 Å². The normalized spacial score (nSPS) is 14.9. The lowest BCUT2D eigenvalue weighted by atomic mass is 10.0. The van der Waals surface area contributed by atoms with Crippen LogP contribution in [0.5, 0.6) is 0 Å². The number of imide groups is 1. The van der Waals surface area contributed by atoms with Crippen molar-refractivity contribution in [2.45, 2.75) is 26.3 Å². The summed E-state index contributed by atoms with van der Waals surface area (Å²) < 4.78 is 14.1. The maximum atomic E-state index is 14.1. The molecular formula is C20H20FN3O3. The molecule has 7 heteroatoms. The first-order chi connectivity index (χ1) is 12.8. The standard InChI is InChI=1S/C20H20FN3O3/c1-12-3-6-14(7-4-12)10-17(24-18(25)11-22-20(24)27)19(26)23-16-8-5-13(2)9-15(16)21/h3-9,17H,10-11H2,1-2H3,(H,22,27)(H,23,26). The van der Waals surface area contributed by atoms with Crippen LogP contribution < -0.4 is 10.6 Å². The van der Waals surface area contributed by atoms with Crippen molar-refractivity contribution in [3.8, 4) is 0 Å². The number of rotatable bonds is 5. The van der Waals surface area contributed by atoms with Crippen LogP contribution >= 0.6 is 0 Å². The smallest absolute Gasteiger partial charge is 0.325 e. The summed E-state index contributed by atoms with van der Waals surface area (Å²) in [6.07, 6.45) is 0.138. The van der Waals surface area contributed by atoms with E-state index in [1.54, 1.807) is 13.0 Å². The Hall–Kier alpha value is -3.22. The highest BCUT2D eigenvalue weighted by Gasteiger charge is 2.39. The maximum absolute atomic E-state index is 14.1. The van der Waals surface area contributed by atoms with Crippen molar-refractivity contribution in [2.75, 3.05) is 11.9 Å². The monoisotopic (exact) mass is 369 g/mol. The summed E-state index contributed by atoms with van der Waals surface area (Å²) in [6.45, 7) is 3.52. The lowest BCUT2D eigenvalue weighted by Gasteiger charge is -2.24. The summed E-state index contributed by atoms with van der Waals surface area (Å²) in [5, 5.41) is 4.92. The molecule has 0 radical (unpaired) electrons. The highest BCUT2D eigenvalue weighted by Crippen LogP contribution is 2.19. The summed E-state index contributed by atoms with van der Waals surface area (Å²) in [4.78, 5) is 38.0. The second-order valence-corrected chi connectivity index (χ2v) is 6.60. The predicted molar refractivity (Wildman–Crippen MR) is 98.7 cm³/mol. The van der Waals surface area contributed by atoms with Gasteiger partial charge in [-0.15, -0.1) is 0 Å². The Bertz CT molecular complexity index is 880. The molecule has 4 amide bonds. The van der Waals surface area contributed by atoms with Gasteiger partial charge in [0.05, 0.1) is 12.2 Å². The Morgan fingerprint density at radius 3 is 2.41 bits per heavy atom. The number of halogens is 1. The van der Waals surface area contributed by atoms with Crippen molar-refractivity contribution in [1.29, 1.82) is 0 Å². The number of benzene rings is 2. The average molecular weight is 369 g/mol. The topological polar surface area (TPSA) is 78.5 Å².